The Morgan fingerprint density at radius 1 is 1.50 bits per heavy atom. The van der Waals surface area contributed by atoms with Crippen LogP contribution in [0.4, 0.5) is 0 Å². The van der Waals surface area contributed by atoms with Crippen LogP contribution in [0.15, 0.2) is 28.6 Å². The average Bonchev–Trinajstić information content (AvgIpc) is 2.77. The number of para-hydroxylation sites is 1. The number of hydrogen-bond donors (Lipinski definition) is 1. The van der Waals surface area contributed by atoms with E-state index in [1.54, 1.807) is 30.0 Å². The quantitative estimate of drug-likeness (QED) is 0.672. The van der Waals surface area contributed by atoms with Crippen LogP contribution in [0.3, 0.4) is 0 Å². The van der Waals surface area contributed by atoms with Gasteiger partial charge in [0.05, 0.1) is 16.3 Å². The molecule has 18 heavy (non-hydrogen) atoms. The molecule has 0 aliphatic heterocycles. The van der Waals surface area contributed by atoms with E-state index in [0.29, 0.717) is 0 Å². The van der Waals surface area contributed by atoms with Gasteiger partial charge in [0.15, 0.2) is 4.34 Å². The molecule has 2 N–H and O–H groups in total. The standard InChI is InChI=1S/C13H15N3S2/c1-13(15,9-14)7-4-8-17-12-16-10-5-2-3-6-11(10)18-12/h2-3,5-6H,4,7-8,15H2,1H3. The zero-order valence-electron chi connectivity index (χ0n) is 10.2. The van der Waals surface area contributed by atoms with Crippen molar-refractivity contribution in [2.45, 2.75) is 29.6 Å². The number of nitriles is 1. The largest absolute Gasteiger partial charge is 0.314 e. The molecule has 3 nitrogen and oxygen atoms in total. The maximum Gasteiger partial charge on any atom is 0.151 e. The van der Waals surface area contributed by atoms with E-state index in [1.807, 2.05) is 18.2 Å². The van der Waals surface area contributed by atoms with E-state index >= 15 is 0 Å². The number of benzene rings is 1. The van der Waals surface area contributed by atoms with Crippen LogP contribution in [0.2, 0.25) is 0 Å². The Bertz CT molecular complexity index is 536. The molecular formula is C13H15N3S2. The molecular weight excluding hydrogens is 262 g/mol. The van der Waals surface area contributed by atoms with E-state index in [9.17, 15) is 0 Å². The number of thiazole rings is 1. The van der Waals surface area contributed by atoms with Gasteiger partial charge in [-0.05, 0) is 31.9 Å². The molecule has 0 amide bonds. The lowest BCUT2D eigenvalue weighted by molar-refractivity contribution is 0.540. The summed E-state index contributed by atoms with van der Waals surface area (Å²) in [5, 5.41) is 8.81. The minimum absolute atomic E-state index is 0.700. The Morgan fingerprint density at radius 3 is 3.00 bits per heavy atom. The first kappa shape index (κ1) is 13.3. The molecule has 0 aliphatic carbocycles. The maximum atomic E-state index is 8.81. The van der Waals surface area contributed by atoms with E-state index in [1.165, 1.54) is 4.70 Å². The van der Waals surface area contributed by atoms with Gasteiger partial charge in [0.2, 0.25) is 0 Å². The van der Waals surface area contributed by atoms with Gasteiger partial charge < -0.3 is 5.73 Å². The molecule has 2 rings (SSSR count). The third-order valence-electron chi connectivity index (χ3n) is 2.60. The summed E-state index contributed by atoms with van der Waals surface area (Å²) >= 11 is 3.46. The van der Waals surface area contributed by atoms with Crippen LogP contribution in [-0.4, -0.2) is 16.3 Å². The van der Waals surface area contributed by atoms with Gasteiger partial charge in [0.1, 0.15) is 5.54 Å². The number of aromatic nitrogens is 1. The molecule has 0 fully saturated rings. The highest BCUT2D eigenvalue weighted by atomic mass is 32.2. The summed E-state index contributed by atoms with van der Waals surface area (Å²) in [6.07, 6.45) is 1.66. The summed E-state index contributed by atoms with van der Waals surface area (Å²) in [5.41, 5.74) is 6.13. The van der Waals surface area contributed by atoms with Crippen molar-refractivity contribution >= 4 is 33.3 Å². The lowest BCUT2D eigenvalue weighted by Gasteiger charge is -2.13. The monoisotopic (exact) mass is 277 g/mol. The molecule has 0 radical (unpaired) electrons. The molecule has 0 saturated carbocycles. The van der Waals surface area contributed by atoms with Crippen LogP contribution in [0.5, 0.6) is 0 Å². The summed E-state index contributed by atoms with van der Waals surface area (Å²) in [6, 6.07) is 10.3. The molecule has 0 aliphatic rings. The first-order valence-corrected chi connectivity index (χ1v) is 7.59. The Balaban J connectivity index is 1.86. The van der Waals surface area contributed by atoms with E-state index in [0.717, 1.165) is 28.5 Å². The Kier molecular flexibility index (Phi) is 4.23. The fraction of sp³-hybridized carbons (Fsp3) is 0.385. The van der Waals surface area contributed by atoms with Crippen molar-refractivity contribution in [1.82, 2.24) is 4.98 Å². The summed E-state index contributed by atoms with van der Waals surface area (Å²) in [4.78, 5) is 4.55. The highest BCUT2D eigenvalue weighted by Crippen LogP contribution is 2.30. The Labute approximate surface area is 115 Å². The van der Waals surface area contributed by atoms with Crippen LogP contribution in [0.1, 0.15) is 19.8 Å². The number of hydrogen-bond acceptors (Lipinski definition) is 5. The van der Waals surface area contributed by atoms with Crippen LogP contribution in [0.25, 0.3) is 10.2 Å². The lowest BCUT2D eigenvalue weighted by atomic mass is 10.0. The summed E-state index contributed by atoms with van der Waals surface area (Å²) < 4.78 is 2.31. The maximum absolute atomic E-state index is 8.81. The summed E-state index contributed by atoms with van der Waals surface area (Å²) in [7, 11) is 0. The number of nitrogens with zero attached hydrogens (tertiary/aromatic N) is 2. The minimum atomic E-state index is -0.700. The number of thioether (sulfide) groups is 1. The van der Waals surface area contributed by atoms with Gasteiger partial charge in [-0.2, -0.15) is 5.26 Å². The van der Waals surface area contributed by atoms with Crippen LogP contribution in [-0.2, 0) is 0 Å². The minimum Gasteiger partial charge on any atom is -0.314 e. The SMILES string of the molecule is CC(N)(C#N)CCCSc1nc2ccccc2s1. The molecule has 1 aromatic carbocycles. The predicted molar refractivity (Wildman–Crippen MR) is 77.8 cm³/mol. The third kappa shape index (κ3) is 3.45. The second-order valence-corrected chi connectivity index (χ2v) is 6.80. The molecule has 1 aromatic heterocycles. The summed E-state index contributed by atoms with van der Waals surface area (Å²) in [6.45, 7) is 1.77. The fourth-order valence-corrected chi connectivity index (χ4v) is 3.65. The van der Waals surface area contributed by atoms with Crippen molar-refractivity contribution in [1.29, 1.82) is 5.26 Å². The molecule has 2 aromatic rings. The molecule has 1 atom stereocenters. The lowest BCUT2D eigenvalue weighted by Crippen LogP contribution is -2.33. The molecule has 5 heteroatoms. The number of rotatable bonds is 5. The van der Waals surface area contributed by atoms with E-state index < -0.39 is 5.54 Å². The van der Waals surface area contributed by atoms with E-state index in [4.69, 9.17) is 11.0 Å². The predicted octanol–water partition coefficient (Wildman–Crippen LogP) is 3.41. The first-order valence-electron chi connectivity index (χ1n) is 5.79. The van der Waals surface area contributed by atoms with Gasteiger partial charge in [0, 0.05) is 5.75 Å². The van der Waals surface area contributed by atoms with Gasteiger partial charge in [-0.3, -0.25) is 0 Å². The van der Waals surface area contributed by atoms with Crippen molar-refractivity contribution in [2.24, 2.45) is 5.73 Å². The van der Waals surface area contributed by atoms with E-state index in [2.05, 4.69) is 17.1 Å². The smallest absolute Gasteiger partial charge is 0.151 e. The van der Waals surface area contributed by atoms with Gasteiger partial charge in [-0.15, -0.1) is 11.3 Å². The zero-order valence-corrected chi connectivity index (χ0v) is 11.9. The number of fused-ring (bicyclic) bond motifs is 1. The van der Waals surface area contributed by atoms with E-state index in [-0.39, 0.29) is 0 Å². The van der Waals surface area contributed by atoms with Crippen molar-refractivity contribution in [3.05, 3.63) is 24.3 Å². The second kappa shape index (κ2) is 5.70. The third-order valence-corrected chi connectivity index (χ3v) is 4.86. The van der Waals surface area contributed by atoms with Crippen LogP contribution >= 0.6 is 23.1 Å². The van der Waals surface area contributed by atoms with Gasteiger partial charge >= 0.3 is 0 Å². The molecule has 94 valence electrons. The second-order valence-electron chi connectivity index (χ2n) is 4.43. The highest BCUT2D eigenvalue weighted by Gasteiger charge is 2.16. The highest BCUT2D eigenvalue weighted by molar-refractivity contribution is 8.01. The Morgan fingerprint density at radius 2 is 2.28 bits per heavy atom. The number of nitrogens with two attached hydrogens (primary N) is 1. The van der Waals surface area contributed by atoms with Crippen molar-refractivity contribution < 1.29 is 0 Å². The average molecular weight is 277 g/mol. The van der Waals surface area contributed by atoms with Crippen molar-refractivity contribution in [2.75, 3.05) is 5.75 Å². The molecule has 1 unspecified atom stereocenters. The Hall–Kier alpha value is -1.09. The topological polar surface area (TPSA) is 62.7 Å². The van der Waals surface area contributed by atoms with Crippen molar-refractivity contribution in [3.8, 4) is 6.07 Å². The fourth-order valence-electron chi connectivity index (χ4n) is 1.57. The summed E-state index contributed by atoms with van der Waals surface area (Å²) in [5.74, 6) is 0.953. The van der Waals surface area contributed by atoms with Crippen molar-refractivity contribution in [3.63, 3.8) is 0 Å². The van der Waals surface area contributed by atoms with Gasteiger partial charge in [-0.1, -0.05) is 23.9 Å². The van der Waals surface area contributed by atoms with Crippen LogP contribution < -0.4 is 5.73 Å². The molecule has 0 spiro atoms. The van der Waals surface area contributed by atoms with Crippen LogP contribution in [0, 0.1) is 11.3 Å². The zero-order chi connectivity index (χ0) is 13.0. The van der Waals surface area contributed by atoms with Gasteiger partial charge in [-0.25, -0.2) is 4.98 Å². The molecule has 1 heterocycles. The first-order chi connectivity index (χ1) is 8.61. The normalized spacial score (nSPS) is 14.3. The van der Waals surface area contributed by atoms with Gasteiger partial charge in [0.25, 0.3) is 0 Å². The molecule has 0 bridgehead atoms. The molecule has 0 saturated heterocycles.